The fourth-order valence-corrected chi connectivity index (χ4v) is 3.26. The van der Waals surface area contributed by atoms with Crippen LogP contribution in [-0.2, 0) is 24.5 Å². The normalized spacial score (nSPS) is 12.3. The Balaban J connectivity index is 3.02. The topological polar surface area (TPSA) is 85.3 Å². The first-order valence-electron chi connectivity index (χ1n) is 5.15. The first-order chi connectivity index (χ1) is 8.13. The molecule has 100 valence electrons. The van der Waals surface area contributed by atoms with Gasteiger partial charge in [0.15, 0.2) is 19.7 Å². The van der Waals surface area contributed by atoms with Gasteiger partial charge in [-0.2, -0.15) is 0 Å². The molecule has 0 N–H and O–H groups in total. The van der Waals surface area contributed by atoms with E-state index in [1.807, 2.05) is 0 Å². The third-order valence-electron chi connectivity index (χ3n) is 2.33. The van der Waals surface area contributed by atoms with E-state index in [0.29, 0.717) is 0 Å². The van der Waals surface area contributed by atoms with Gasteiger partial charge in [-0.15, -0.1) is 0 Å². The van der Waals surface area contributed by atoms with E-state index in [1.54, 1.807) is 0 Å². The summed E-state index contributed by atoms with van der Waals surface area (Å²) >= 11 is 0. The number of ketones is 1. The third-order valence-corrected chi connectivity index (χ3v) is 5.19. The van der Waals surface area contributed by atoms with Gasteiger partial charge in [0.1, 0.15) is 5.78 Å². The highest BCUT2D eigenvalue weighted by Crippen LogP contribution is 2.16. The van der Waals surface area contributed by atoms with Gasteiger partial charge in [-0.25, -0.2) is 16.8 Å². The molecule has 7 heteroatoms. The monoisotopic (exact) mass is 290 g/mol. The Morgan fingerprint density at radius 2 is 1.44 bits per heavy atom. The molecule has 0 radical (unpaired) electrons. The molecule has 0 unspecified atom stereocenters. The highest BCUT2D eigenvalue weighted by Gasteiger charge is 2.16. The molecule has 0 atom stereocenters. The Hall–Kier alpha value is -1.21. The highest BCUT2D eigenvalue weighted by molar-refractivity contribution is 7.91. The molecule has 0 fully saturated rings. The van der Waals surface area contributed by atoms with Crippen LogP contribution in [0.2, 0.25) is 0 Å². The Morgan fingerprint density at radius 1 is 1.00 bits per heavy atom. The lowest BCUT2D eigenvalue weighted by Crippen LogP contribution is -2.10. The summed E-state index contributed by atoms with van der Waals surface area (Å²) < 4.78 is 46.0. The maximum Gasteiger partial charge on any atom is 0.178 e. The molecule has 0 aromatic heterocycles. The number of hydrogen-bond donors (Lipinski definition) is 0. The number of rotatable bonds is 5. The van der Waals surface area contributed by atoms with Crippen LogP contribution in [-0.4, -0.2) is 34.6 Å². The maximum absolute atomic E-state index is 11.8. The highest BCUT2D eigenvalue weighted by atomic mass is 32.2. The van der Waals surface area contributed by atoms with Crippen molar-refractivity contribution in [3.63, 3.8) is 0 Å². The first kappa shape index (κ1) is 14.8. The zero-order valence-electron chi connectivity index (χ0n) is 10.1. The van der Waals surface area contributed by atoms with Crippen molar-refractivity contribution in [2.24, 2.45) is 0 Å². The zero-order valence-corrected chi connectivity index (χ0v) is 11.7. The van der Waals surface area contributed by atoms with Crippen LogP contribution in [0.15, 0.2) is 34.1 Å². The van der Waals surface area contributed by atoms with Crippen LogP contribution in [0, 0.1) is 0 Å². The maximum atomic E-state index is 11.8. The van der Waals surface area contributed by atoms with Gasteiger partial charge in [0.2, 0.25) is 0 Å². The number of sulfone groups is 2. The van der Waals surface area contributed by atoms with Crippen LogP contribution in [0.3, 0.4) is 0 Å². The van der Waals surface area contributed by atoms with Crippen LogP contribution in [0.4, 0.5) is 0 Å². The summed E-state index contributed by atoms with van der Waals surface area (Å²) in [5.41, 5.74) is 0. The largest absolute Gasteiger partial charge is 0.300 e. The van der Waals surface area contributed by atoms with Crippen molar-refractivity contribution in [1.82, 2.24) is 0 Å². The minimum atomic E-state index is -3.53. The Morgan fingerprint density at radius 3 is 1.83 bits per heavy atom. The number of carbonyl (C=O) groups is 1. The number of carbonyl (C=O) groups excluding carboxylic acids is 1. The van der Waals surface area contributed by atoms with E-state index in [9.17, 15) is 21.6 Å². The van der Waals surface area contributed by atoms with Crippen LogP contribution < -0.4 is 0 Å². The third kappa shape index (κ3) is 3.92. The fourth-order valence-electron chi connectivity index (χ4n) is 1.29. The second kappa shape index (κ2) is 5.19. The molecule has 1 aromatic rings. The van der Waals surface area contributed by atoms with E-state index < -0.39 is 19.7 Å². The Kier molecular flexibility index (Phi) is 4.28. The average Bonchev–Trinajstić information content (AvgIpc) is 2.26. The van der Waals surface area contributed by atoms with Crippen molar-refractivity contribution < 1.29 is 21.6 Å². The minimum Gasteiger partial charge on any atom is -0.300 e. The summed E-state index contributed by atoms with van der Waals surface area (Å²) in [6.45, 7) is 1.32. The van der Waals surface area contributed by atoms with Crippen molar-refractivity contribution in [2.75, 3.05) is 12.0 Å². The molecule has 0 saturated heterocycles. The van der Waals surface area contributed by atoms with Crippen LogP contribution in [0.5, 0.6) is 0 Å². The SMILES string of the molecule is CC(=O)CCS(=O)(=O)c1ccc(S(C)(=O)=O)cc1. The average molecular weight is 290 g/mol. The van der Waals surface area contributed by atoms with Gasteiger partial charge in [-0.1, -0.05) is 0 Å². The summed E-state index contributed by atoms with van der Waals surface area (Å²) in [6, 6.07) is 4.98. The molecule has 0 spiro atoms. The van der Waals surface area contributed by atoms with Gasteiger partial charge in [0, 0.05) is 12.7 Å². The van der Waals surface area contributed by atoms with Crippen LogP contribution in [0.25, 0.3) is 0 Å². The van der Waals surface area contributed by atoms with E-state index in [-0.39, 0.29) is 27.7 Å². The molecule has 5 nitrogen and oxygen atoms in total. The van der Waals surface area contributed by atoms with E-state index in [1.165, 1.54) is 31.2 Å². The fraction of sp³-hybridized carbons (Fsp3) is 0.364. The lowest BCUT2D eigenvalue weighted by Gasteiger charge is -2.04. The molecule has 1 aromatic carbocycles. The molecular weight excluding hydrogens is 276 g/mol. The van der Waals surface area contributed by atoms with Crippen molar-refractivity contribution in [3.05, 3.63) is 24.3 Å². The molecule has 0 aliphatic carbocycles. The number of Topliss-reactive ketones (excluding diaryl/α,β-unsaturated/α-hetero) is 1. The van der Waals surface area contributed by atoms with Gasteiger partial charge in [-0.05, 0) is 31.2 Å². The van der Waals surface area contributed by atoms with E-state index in [4.69, 9.17) is 0 Å². The van der Waals surface area contributed by atoms with E-state index in [2.05, 4.69) is 0 Å². The van der Waals surface area contributed by atoms with Crippen molar-refractivity contribution in [1.29, 1.82) is 0 Å². The molecule has 0 amide bonds. The van der Waals surface area contributed by atoms with Gasteiger partial charge in [0.25, 0.3) is 0 Å². The van der Waals surface area contributed by atoms with Gasteiger partial charge >= 0.3 is 0 Å². The standard InChI is InChI=1S/C11H14O5S2/c1-9(12)7-8-18(15,16)11-5-3-10(4-6-11)17(2,13)14/h3-6H,7-8H2,1-2H3. The molecule has 0 aliphatic rings. The molecule has 18 heavy (non-hydrogen) atoms. The summed E-state index contributed by atoms with van der Waals surface area (Å²) in [5.74, 6) is -0.466. The molecule has 1 rings (SSSR count). The zero-order chi connectivity index (χ0) is 14.0. The van der Waals surface area contributed by atoms with E-state index in [0.717, 1.165) is 6.26 Å². The minimum absolute atomic E-state index is 0.0242. The van der Waals surface area contributed by atoms with Crippen LogP contribution in [0.1, 0.15) is 13.3 Å². The molecular formula is C11H14O5S2. The lowest BCUT2D eigenvalue weighted by molar-refractivity contribution is -0.116. The van der Waals surface area contributed by atoms with Gasteiger partial charge < -0.3 is 0 Å². The lowest BCUT2D eigenvalue weighted by atomic mass is 10.4. The van der Waals surface area contributed by atoms with Crippen LogP contribution >= 0.6 is 0 Å². The summed E-state index contributed by atoms with van der Waals surface area (Å²) in [6.07, 6.45) is 1.00. The second-order valence-electron chi connectivity index (χ2n) is 4.01. The van der Waals surface area contributed by atoms with Crippen molar-refractivity contribution in [2.45, 2.75) is 23.1 Å². The number of hydrogen-bond acceptors (Lipinski definition) is 5. The smallest absolute Gasteiger partial charge is 0.178 e. The number of benzene rings is 1. The summed E-state index contributed by atoms with van der Waals surface area (Å²) in [7, 11) is -6.87. The molecule has 0 heterocycles. The molecule has 0 aliphatic heterocycles. The van der Waals surface area contributed by atoms with Crippen molar-refractivity contribution in [3.8, 4) is 0 Å². The van der Waals surface area contributed by atoms with E-state index >= 15 is 0 Å². The second-order valence-corrected chi connectivity index (χ2v) is 8.14. The van der Waals surface area contributed by atoms with Crippen molar-refractivity contribution >= 4 is 25.5 Å². The Bertz CT molecular complexity index is 639. The predicted molar refractivity (Wildman–Crippen MR) is 66.9 cm³/mol. The quantitative estimate of drug-likeness (QED) is 0.802. The summed E-state index contributed by atoms with van der Waals surface area (Å²) in [4.78, 5) is 10.9. The Labute approximate surface area is 107 Å². The first-order valence-corrected chi connectivity index (χ1v) is 8.69. The van der Waals surface area contributed by atoms with Gasteiger partial charge in [-0.3, -0.25) is 4.79 Å². The summed E-state index contributed by atoms with van der Waals surface area (Å²) in [5, 5.41) is 0. The molecule has 0 bridgehead atoms. The molecule has 0 saturated carbocycles. The van der Waals surface area contributed by atoms with Gasteiger partial charge in [0.05, 0.1) is 15.5 Å². The predicted octanol–water partition coefficient (Wildman–Crippen LogP) is 0.843.